The third kappa shape index (κ3) is 6.05. The smallest absolute Gasteiger partial charge is 0.230 e. The maximum atomic E-state index is 12.4. The maximum absolute atomic E-state index is 12.4. The minimum atomic E-state index is -0.0660. The van der Waals surface area contributed by atoms with Gasteiger partial charge in [0.05, 0.1) is 5.75 Å². The van der Waals surface area contributed by atoms with Gasteiger partial charge in [-0.3, -0.25) is 4.79 Å². The first-order chi connectivity index (χ1) is 16.0. The van der Waals surface area contributed by atoms with Gasteiger partial charge in [-0.05, 0) is 26.3 Å². The van der Waals surface area contributed by atoms with E-state index in [4.69, 9.17) is 4.98 Å². The summed E-state index contributed by atoms with van der Waals surface area (Å²) in [5, 5.41) is 12.2. The Hall–Kier alpha value is -3.51. The van der Waals surface area contributed by atoms with Gasteiger partial charge in [0.15, 0.2) is 0 Å². The van der Waals surface area contributed by atoms with Gasteiger partial charge in [-0.15, -0.1) is 10.2 Å². The summed E-state index contributed by atoms with van der Waals surface area (Å²) < 4.78 is 0. The molecule has 1 heterocycles. The summed E-state index contributed by atoms with van der Waals surface area (Å²) >= 11 is 1.29. The van der Waals surface area contributed by atoms with Crippen LogP contribution in [0.15, 0.2) is 78.0 Å². The number of nitrogens with one attached hydrogen (secondary N) is 1. The first-order valence-corrected chi connectivity index (χ1v) is 11.8. The minimum Gasteiger partial charge on any atom is -0.351 e. The van der Waals surface area contributed by atoms with Crippen LogP contribution in [0.4, 0.5) is 0 Å². The normalized spacial score (nSPS) is 10.8. The molecule has 0 spiro atoms. The van der Waals surface area contributed by atoms with E-state index in [-0.39, 0.29) is 11.7 Å². The van der Waals surface area contributed by atoms with Crippen LogP contribution in [0.1, 0.15) is 22.3 Å². The molecule has 4 rings (SSSR count). The number of amides is 1. The average molecular weight is 455 g/mol. The van der Waals surface area contributed by atoms with Crippen molar-refractivity contribution >= 4 is 17.7 Å². The van der Waals surface area contributed by atoms with Crippen molar-refractivity contribution in [1.29, 1.82) is 0 Å². The molecule has 0 unspecified atom stereocenters. The SMILES string of the molecule is Cc1ccc(CNC(=O)CSc2nnc(-c3ccc(C)cc3)c(-c3ccc(C)cc3)n2)cc1. The quantitative estimate of drug-likeness (QED) is 0.371. The zero-order valence-corrected chi connectivity index (χ0v) is 19.8. The fourth-order valence-corrected chi connectivity index (χ4v) is 3.90. The van der Waals surface area contributed by atoms with Crippen LogP contribution in [0.2, 0.25) is 0 Å². The van der Waals surface area contributed by atoms with E-state index < -0.39 is 0 Å². The number of benzene rings is 3. The van der Waals surface area contributed by atoms with Gasteiger partial charge >= 0.3 is 0 Å². The van der Waals surface area contributed by atoms with Crippen LogP contribution < -0.4 is 5.32 Å². The monoisotopic (exact) mass is 454 g/mol. The molecule has 0 atom stereocenters. The average Bonchev–Trinajstić information content (AvgIpc) is 2.83. The molecule has 0 radical (unpaired) electrons. The molecule has 1 aromatic heterocycles. The van der Waals surface area contributed by atoms with Gasteiger partial charge in [-0.25, -0.2) is 4.98 Å². The number of nitrogens with zero attached hydrogens (tertiary/aromatic N) is 3. The van der Waals surface area contributed by atoms with Crippen molar-refractivity contribution in [2.75, 3.05) is 5.75 Å². The van der Waals surface area contributed by atoms with Crippen LogP contribution in [-0.2, 0) is 11.3 Å². The van der Waals surface area contributed by atoms with Gasteiger partial charge in [0.1, 0.15) is 11.4 Å². The van der Waals surface area contributed by atoms with E-state index >= 15 is 0 Å². The van der Waals surface area contributed by atoms with Gasteiger partial charge in [0.2, 0.25) is 11.1 Å². The number of aromatic nitrogens is 3. The summed E-state index contributed by atoms with van der Waals surface area (Å²) in [5.74, 6) is 0.161. The highest BCUT2D eigenvalue weighted by Gasteiger charge is 2.15. The molecule has 33 heavy (non-hydrogen) atoms. The Labute approximate surface area is 198 Å². The van der Waals surface area contributed by atoms with Crippen LogP contribution in [-0.4, -0.2) is 26.8 Å². The molecule has 3 aromatic carbocycles. The lowest BCUT2D eigenvalue weighted by molar-refractivity contribution is -0.118. The molecule has 5 nitrogen and oxygen atoms in total. The summed E-state index contributed by atoms with van der Waals surface area (Å²) in [6, 6.07) is 24.5. The number of carbonyl (C=O) groups is 1. The van der Waals surface area contributed by atoms with Crippen LogP contribution in [0.3, 0.4) is 0 Å². The Kier molecular flexibility index (Phi) is 7.15. The molecule has 0 bridgehead atoms. The molecule has 1 N–H and O–H groups in total. The Morgan fingerprint density at radius 2 is 1.24 bits per heavy atom. The zero-order chi connectivity index (χ0) is 23.2. The molecule has 0 aliphatic carbocycles. The predicted octanol–water partition coefficient (Wildman–Crippen LogP) is 5.54. The predicted molar refractivity (Wildman–Crippen MR) is 134 cm³/mol. The first kappa shape index (κ1) is 22.7. The van der Waals surface area contributed by atoms with Crippen LogP contribution in [0.5, 0.6) is 0 Å². The fraction of sp³-hybridized carbons (Fsp3) is 0.185. The second-order valence-corrected chi connectivity index (χ2v) is 9.02. The molecular formula is C27H26N4OS. The Balaban J connectivity index is 1.50. The van der Waals surface area contributed by atoms with Crippen molar-refractivity contribution in [2.45, 2.75) is 32.5 Å². The molecule has 0 aliphatic rings. The molecule has 0 saturated carbocycles. The standard InChI is InChI=1S/C27H26N4OS/c1-18-4-10-21(11-5-18)16-28-24(32)17-33-27-29-25(22-12-6-19(2)7-13-22)26(30-31-27)23-14-8-20(3)9-15-23/h4-15H,16-17H2,1-3H3,(H,28,32). The lowest BCUT2D eigenvalue weighted by Crippen LogP contribution is -2.24. The second kappa shape index (κ2) is 10.4. The van der Waals surface area contributed by atoms with Crippen molar-refractivity contribution in [3.63, 3.8) is 0 Å². The summed E-state index contributed by atoms with van der Waals surface area (Å²) in [5.41, 5.74) is 8.05. The van der Waals surface area contributed by atoms with Gasteiger partial charge in [-0.2, -0.15) is 0 Å². The van der Waals surface area contributed by atoms with Gasteiger partial charge in [0.25, 0.3) is 0 Å². The van der Waals surface area contributed by atoms with Crippen molar-refractivity contribution in [2.24, 2.45) is 0 Å². The number of hydrogen-bond donors (Lipinski definition) is 1. The Morgan fingerprint density at radius 1 is 0.727 bits per heavy atom. The number of aryl methyl sites for hydroxylation is 3. The highest BCUT2D eigenvalue weighted by Crippen LogP contribution is 2.30. The highest BCUT2D eigenvalue weighted by atomic mass is 32.2. The number of rotatable bonds is 7. The van der Waals surface area contributed by atoms with Crippen molar-refractivity contribution in [3.8, 4) is 22.5 Å². The summed E-state index contributed by atoms with van der Waals surface area (Å²) in [7, 11) is 0. The largest absolute Gasteiger partial charge is 0.351 e. The summed E-state index contributed by atoms with van der Waals surface area (Å²) in [6.07, 6.45) is 0. The van der Waals surface area contributed by atoms with E-state index in [0.29, 0.717) is 11.7 Å². The number of hydrogen-bond acceptors (Lipinski definition) is 5. The van der Waals surface area contributed by atoms with Gasteiger partial charge in [0, 0.05) is 17.7 Å². The third-order valence-electron chi connectivity index (χ3n) is 5.26. The van der Waals surface area contributed by atoms with E-state index in [1.54, 1.807) is 0 Å². The Bertz CT molecular complexity index is 1240. The molecule has 0 fully saturated rings. The molecule has 4 aromatic rings. The summed E-state index contributed by atoms with van der Waals surface area (Å²) in [4.78, 5) is 17.1. The van der Waals surface area contributed by atoms with E-state index in [1.807, 2.05) is 55.5 Å². The third-order valence-corrected chi connectivity index (χ3v) is 6.10. The first-order valence-electron chi connectivity index (χ1n) is 10.8. The second-order valence-electron chi connectivity index (χ2n) is 8.07. The minimum absolute atomic E-state index is 0.0660. The number of carbonyl (C=O) groups excluding carboxylic acids is 1. The number of thioether (sulfide) groups is 1. The Morgan fingerprint density at radius 3 is 1.82 bits per heavy atom. The van der Waals surface area contributed by atoms with Gasteiger partial charge in [-0.1, -0.05) is 101 Å². The molecular weight excluding hydrogens is 428 g/mol. The van der Waals surface area contributed by atoms with Crippen molar-refractivity contribution in [3.05, 3.63) is 95.1 Å². The van der Waals surface area contributed by atoms with Crippen LogP contribution >= 0.6 is 11.8 Å². The van der Waals surface area contributed by atoms with E-state index in [9.17, 15) is 4.79 Å². The van der Waals surface area contributed by atoms with Crippen LogP contribution in [0.25, 0.3) is 22.5 Å². The highest BCUT2D eigenvalue weighted by molar-refractivity contribution is 7.99. The lowest BCUT2D eigenvalue weighted by Gasteiger charge is -2.10. The molecule has 1 amide bonds. The zero-order valence-electron chi connectivity index (χ0n) is 19.0. The molecule has 0 saturated heterocycles. The van der Waals surface area contributed by atoms with E-state index in [1.165, 1.54) is 28.5 Å². The fourth-order valence-electron chi connectivity index (χ4n) is 3.28. The lowest BCUT2D eigenvalue weighted by atomic mass is 10.0. The van der Waals surface area contributed by atoms with E-state index in [0.717, 1.165) is 28.1 Å². The van der Waals surface area contributed by atoms with Gasteiger partial charge < -0.3 is 5.32 Å². The van der Waals surface area contributed by atoms with Crippen molar-refractivity contribution in [1.82, 2.24) is 20.5 Å². The van der Waals surface area contributed by atoms with E-state index in [2.05, 4.69) is 53.6 Å². The van der Waals surface area contributed by atoms with Crippen LogP contribution in [0, 0.1) is 20.8 Å². The molecule has 0 aliphatic heterocycles. The topological polar surface area (TPSA) is 67.8 Å². The maximum Gasteiger partial charge on any atom is 0.230 e. The molecule has 6 heteroatoms. The summed E-state index contributed by atoms with van der Waals surface area (Å²) in [6.45, 7) is 6.65. The molecule has 166 valence electrons. The van der Waals surface area contributed by atoms with Crippen molar-refractivity contribution < 1.29 is 4.79 Å².